The lowest BCUT2D eigenvalue weighted by atomic mass is 9.89. The number of carboxylic acids is 1. The molecule has 6 heteroatoms. The topological polar surface area (TPSA) is 70.5 Å². The number of likely N-dealkylation sites (tertiary alicyclic amines) is 1. The minimum atomic E-state index is -0.850. The van der Waals surface area contributed by atoms with Crippen LogP contribution in [0.5, 0.6) is 0 Å². The molecule has 132 valence electrons. The zero-order valence-electron chi connectivity index (χ0n) is 14.4. The third kappa shape index (κ3) is 3.58. The van der Waals surface area contributed by atoms with E-state index < -0.39 is 11.9 Å². The van der Waals surface area contributed by atoms with Crippen molar-refractivity contribution in [3.8, 4) is 0 Å². The van der Waals surface area contributed by atoms with Gasteiger partial charge in [-0.3, -0.25) is 9.59 Å². The molecule has 0 unspecified atom stereocenters. The first-order valence-corrected chi connectivity index (χ1v) is 9.36. The van der Waals surface area contributed by atoms with Gasteiger partial charge in [0.15, 0.2) is 0 Å². The van der Waals surface area contributed by atoms with Gasteiger partial charge in [-0.2, -0.15) is 0 Å². The summed E-state index contributed by atoms with van der Waals surface area (Å²) in [4.78, 5) is 31.4. The van der Waals surface area contributed by atoms with Crippen molar-refractivity contribution in [3.63, 3.8) is 0 Å². The van der Waals surface area contributed by atoms with Crippen LogP contribution in [0.2, 0.25) is 0 Å². The lowest BCUT2D eigenvalue weighted by molar-refractivity contribution is -0.141. The van der Waals surface area contributed by atoms with Crippen LogP contribution in [0.15, 0.2) is 30.3 Å². The highest BCUT2D eigenvalue weighted by atomic mass is 32.1. The normalized spacial score (nSPS) is 20.0. The van der Waals surface area contributed by atoms with E-state index in [4.69, 9.17) is 0 Å². The molecule has 2 heterocycles. The first kappa shape index (κ1) is 17.6. The zero-order valence-corrected chi connectivity index (χ0v) is 15.3. The van der Waals surface area contributed by atoms with Crippen LogP contribution in [0, 0.1) is 12.8 Å². The van der Waals surface area contributed by atoms with Crippen molar-refractivity contribution in [1.29, 1.82) is 0 Å². The fourth-order valence-corrected chi connectivity index (χ4v) is 4.51. The van der Waals surface area contributed by atoms with Crippen LogP contribution in [-0.2, 0) is 11.2 Å². The number of hydrogen-bond acceptors (Lipinski definition) is 4. The summed E-state index contributed by atoms with van der Waals surface area (Å²) in [5, 5.41) is 10.6. The number of benzene rings is 1. The number of amides is 1. The Labute approximate surface area is 151 Å². The maximum Gasteiger partial charge on any atom is 0.308 e. The summed E-state index contributed by atoms with van der Waals surface area (Å²) in [7, 11) is 0. The summed E-state index contributed by atoms with van der Waals surface area (Å²) < 4.78 is 0. The number of aryl methyl sites for hydroxylation is 2. The molecule has 1 saturated heterocycles. The predicted molar refractivity (Wildman–Crippen MR) is 97.1 cm³/mol. The van der Waals surface area contributed by atoms with Crippen molar-refractivity contribution in [2.24, 2.45) is 5.92 Å². The van der Waals surface area contributed by atoms with Gasteiger partial charge < -0.3 is 10.0 Å². The molecule has 1 aliphatic rings. The molecular formula is C19H22N2O3S. The number of rotatable bonds is 5. The molecular weight excluding hydrogens is 336 g/mol. The summed E-state index contributed by atoms with van der Waals surface area (Å²) in [6.07, 6.45) is 1.85. The summed E-state index contributed by atoms with van der Waals surface area (Å²) >= 11 is 1.44. The van der Waals surface area contributed by atoms with Crippen LogP contribution in [0.1, 0.15) is 45.2 Å². The lowest BCUT2D eigenvalue weighted by Gasteiger charge is -2.16. The first-order valence-electron chi connectivity index (χ1n) is 8.54. The quantitative estimate of drug-likeness (QED) is 0.890. The average Bonchev–Trinajstić information content (AvgIpc) is 3.19. The fraction of sp³-hybridized carbons (Fsp3) is 0.421. The van der Waals surface area contributed by atoms with Crippen LogP contribution in [0.25, 0.3) is 0 Å². The lowest BCUT2D eigenvalue weighted by Crippen LogP contribution is -2.29. The van der Waals surface area contributed by atoms with Crippen LogP contribution in [0.3, 0.4) is 0 Å². The third-order valence-corrected chi connectivity index (χ3v) is 5.86. The second-order valence-corrected chi connectivity index (χ2v) is 7.53. The van der Waals surface area contributed by atoms with E-state index in [-0.39, 0.29) is 18.4 Å². The van der Waals surface area contributed by atoms with Crippen molar-refractivity contribution in [3.05, 3.63) is 51.5 Å². The summed E-state index contributed by atoms with van der Waals surface area (Å²) in [6.45, 7) is 4.61. The zero-order chi connectivity index (χ0) is 18.0. The van der Waals surface area contributed by atoms with Gasteiger partial charge in [0.1, 0.15) is 4.88 Å². The van der Waals surface area contributed by atoms with Crippen molar-refractivity contribution >= 4 is 23.2 Å². The second-order valence-electron chi connectivity index (χ2n) is 6.44. The van der Waals surface area contributed by atoms with Crippen molar-refractivity contribution < 1.29 is 14.7 Å². The van der Waals surface area contributed by atoms with Gasteiger partial charge in [0, 0.05) is 19.0 Å². The number of carbonyl (C=O) groups is 2. The molecule has 0 radical (unpaired) electrons. The Kier molecular flexibility index (Phi) is 5.18. The Balaban J connectivity index is 1.84. The average molecular weight is 358 g/mol. The van der Waals surface area contributed by atoms with E-state index in [1.807, 2.05) is 37.3 Å². The van der Waals surface area contributed by atoms with E-state index in [1.54, 1.807) is 4.90 Å². The molecule has 0 spiro atoms. The number of carbonyl (C=O) groups excluding carboxylic acids is 1. The van der Waals surface area contributed by atoms with E-state index in [9.17, 15) is 14.7 Å². The molecule has 2 atom stereocenters. The third-order valence-electron chi connectivity index (χ3n) is 4.65. The SMILES string of the molecule is CCCc1nc(C)c(C(=O)N2C[C@H](C(=O)O)[C@H](c3ccccc3)C2)s1. The smallest absolute Gasteiger partial charge is 0.308 e. The summed E-state index contributed by atoms with van der Waals surface area (Å²) in [5.74, 6) is -1.69. The highest BCUT2D eigenvalue weighted by molar-refractivity contribution is 7.13. The molecule has 1 aromatic heterocycles. The van der Waals surface area contributed by atoms with Crippen LogP contribution in [-0.4, -0.2) is 40.0 Å². The summed E-state index contributed by atoms with van der Waals surface area (Å²) in [6, 6.07) is 9.59. The van der Waals surface area contributed by atoms with Gasteiger partial charge >= 0.3 is 5.97 Å². The standard InChI is InChI=1S/C19H22N2O3S/c1-3-7-16-20-12(2)17(25-16)18(22)21-10-14(15(11-21)19(23)24)13-8-5-4-6-9-13/h4-6,8-9,14-15H,3,7,10-11H2,1-2H3,(H,23,24)/t14-,15-/m0/s1. The molecule has 1 aliphatic heterocycles. The molecule has 3 rings (SSSR count). The number of nitrogens with zero attached hydrogens (tertiary/aromatic N) is 2. The molecule has 1 aromatic carbocycles. The first-order chi connectivity index (χ1) is 12.0. The number of carboxylic acid groups (broad SMARTS) is 1. The molecule has 1 N–H and O–H groups in total. The van der Waals surface area contributed by atoms with E-state index in [1.165, 1.54) is 11.3 Å². The Bertz CT molecular complexity index is 772. The molecule has 1 fully saturated rings. The Morgan fingerprint density at radius 3 is 2.64 bits per heavy atom. The van der Waals surface area contributed by atoms with Gasteiger partial charge in [-0.25, -0.2) is 4.98 Å². The number of hydrogen-bond donors (Lipinski definition) is 1. The van der Waals surface area contributed by atoms with Gasteiger partial charge in [-0.05, 0) is 25.3 Å². The fourth-order valence-electron chi connectivity index (χ4n) is 3.37. The molecule has 0 saturated carbocycles. The second kappa shape index (κ2) is 7.35. The number of aliphatic carboxylic acids is 1. The maximum atomic E-state index is 12.9. The maximum absolute atomic E-state index is 12.9. The van der Waals surface area contributed by atoms with E-state index >= 15 is 0 Å². The molecule has 5 nitrogen and oxygen atoms in total. The van der Waals surface area contributed by atoms with Crippen molar-refractivity contribution in [2.75, 3.05) is 13.1 Å². The molecule has 1 amide bonds. The van der Waals surface area contributed by atoms with E-state index in [0.29, 0.717) is 11.4 Å². The van der Waals surface area contributed by atoms with E-state index in [2.05, 4.69) is 11.9 Å². The Morgan fingerprint density at radius 2 is 2.00 bits per heavy atom. The van der Waals surface area contributed by atoms with Gasteiger partial charge in [-0.15, -0.1) is 11.3 Å². The largest absolute Gasteiger partial charge is 0.481 e. The summed E-state index contributed by atoms with van der Waals surface area (Å²) in [5.41, 5.74) is 1.71. The van der Waals surface area contributed by atoms with Crippen LogP contribution in [0.4, 0.5) is 0 Å². The highest BCUT2D eigenvalue weighted by Crippen LogP contribution is 2.34. The van der Waals surface area contributed by atoms with Crippen LogP contribution >= 0.6 is 11.3 Å². The monoisotopic (exact) mass is 358 g/mol. The van der Waals surface area contributed by atoms with E-state index in [0.717, 1.165) is 29.1 Å². The van der Waals surface area contributed by atoms with Gasteiger partial charge in [0.2, 0.25) is 0 Å². The predicted octanol–water partition coefficient (Wildman–Crippen LogP) is 3.34. The minimum absolute atomic E-state index is 0.0953. The van der Waals surface area contributed by atoms with Gasteiger partial charge in [0.05, 0.1) is 16.6 Å². The number of aromatic nitrogens is 1. The van der Waals surface area contributed by atoms with Crippen molar-refractivity contribution in [2.45, 2.75) is 32.6 Å². The molecule has 0 bridgehead atoms. The molecule has 2 aromatic rings. The highest BCUT2D eigenvalue weighted by Gasteiger charge is 2.41. The number of thiazole rings is 1. The van der Waals surface area contributed by atoms with Gasteiger partial charge in [0.25, 0.3) is 5.91 Å². The Morgan fingerprint density at radius 1 is 1.28 bits per heavy atom. The molecule has 25 heavy (non-hydrogen) atoms. The van der Waals surface area contributed by atoms with Crippen LogP contribution < -0.4 is 0 Å². The Hall–Kier alpha value is -2.21. The van der Waals surface area contributed by atoms with Gasteiger partial charge in [-0.1, -0.05) is 37.3 Å². The van der Waals surface area contributed by atoms with Crippen molar-refractivity contribution in [1.82, 2.24) is 9.88 Å². The minimum Gasteiger partial charge on any atom is -0.481 e. The molecule has 0 aliphatic carbocycles.